The Balaban J connectivity index is 1.61. The van der Waals surface area contributed by atoms with E-state index in [1.165, 1.54) is 33.5 Å². The zero-order chi connectivity index (χ0) is 22.3. The van der Waals surface area contributed by atoms with Gasteiger partial charge in [-0.15, -0.1) is 0 Å². The monoisotopic (exact) mass is 444 g/mol. The van der Waals surface area contributed by atoms with Crippen molar-refractivity contribution >= 4 is 21.9 Å². The van der Waals surface area contributed by atoms with E-state index >= 15 is 0 Å². The van der Waals surface area contributed by atoms with E-state index < -0.39 is 22.6 Å². The quantitative estimate of drug-likeness (QED) is 0.613. The number of rotatable bonds is 7. The molecule has 2 aromatic rings. The molecule has 1 fully saturated rings. The van der Waals surface area contributed by atoms with Gasteiger partial charge in [0.1, 0.15) is 0 Å². The van der Waals surface area contributed by atoms with Crippen molar-refractivity contribution in [2.24, 2.45) is 0 Å². The number of hydrogen-bond donors (Lipinski definition) is 0. The first-order chi connectivity index (χ1) is 14.9. The van der Waals surface area contributed by atoms with Crippen molar-refractivity contribution in [3.05, 3.63) is 65.7 Å². The van der Waals surface area contributed by atoms with Crippen molar-refractivity contribution in [1.29, 1.82) is 0 Å². The van der Waals surface area contributed by atoms with E-state index in [0.29, 0.717) is 19.6 Å². The fourth-order valence-electron chi connectivity index (χ4n) is 3.48. The van der Waals surface area contributed by atoms with Gasteiger partial charge >= 0.3 is 5.97 Å². The molecule has 3 rings (SSSR count). The summed E-state index contributed by atoms with van der Waals surface area (Å²) in [4.78, 5) is 26.3. The zero-order valence-electron chi connectivity index (χ0n) is 17.7. The molecule has 0 N–H and O–H groups in total. The Morgan fingerprint density at radius 1 is 0.968 bits per heavy atom. The summed E-state index contributed by atoms with van der Waals surface area (Å²) < 4.78 is 32.5. The molecule has 0 bridgehead atoms. The molecule has 1 amide bonds. The fraction of sp³-hybridized carbons (Fsp3) is 0.391. The van der Waals surface area contributed by atoms with Crippen LogP contribution in [0, 0.1) is 0 Å². The lowest BCUT2D eigenvalue weighted by Gasteiger charge is -2.20. The SMILES string of the molecule is CN(Cc1ccccc1)C(=O)COC(=O)c1cccc(S(=O)(=O)N2CCCCCC2)c1. The third kappa shape index (κ3) is 6.15. The average Bonchev–Trinajstić information content (AvgIpc) is 3.08. The second kappa shape index (κ2) is 10.5. The number of sulfonamides is 1. The van der Waals surface area contributed by atoms with Gasteiger partial charge < -0.3 is 9.64 Å². The topological polar surface area (TPSA) is 84.0 Å². The molecular formula is C23H28N2O5S. The number of carbonyl (C=O) groups is 2. The zero-order valence-corrected chi connectivity index (χ0v) is 18.5. The fourth-order valence-corrected chi connectivity index (χ4v) is 5.04. The third-order valence-corrected chi connectivity index (χ3v) is 7.18. The van der Waals surface area contributed by atoms with Gasteiger partial charge in [-0.25, -0.2) is 13.2 Å². The van der Waals surface area contributed by atoms with Gasteiger partial charge in [0.05, 0.1) is 10.5 Å². The van der Waals surface area contributed by atoms with E-state index in [1.54, 1.807) is 7.05 Å². The molecule has 1 heterocycles. The summed E-state index contributed by atoms with van der Waals surface area (Å²) in [5.41, 5.74) is 1.07. The molecule has 7 nitrogen and oxygen atoms in total. The minimum atomic E-state index is -3.67. The first-order valence-electron chi connectivity index (χ1n) is 10.4. The van der Waals surface area contributed by atoms with Gasteiger partial charge in [-0.2, -0.15) is 4.31 Å². The lowest BCUT2D eigenvalue weighted by Crippen LogP contribution is -2.32. The van der Waals surface area contributed by atoms with Crippen molar-refractivity contribution < 1.29 is 22.7 Å². The van der Waals surface area contributed by atoms with Gasteiger partial charge in [-0.1, -0.05) is 49.2 Å². The number of carbonyl (C=O) groups excluding carboxylic acids is 2. The Morgan fingerprint density at radius 3 is 2.32 bits per heavy atom. The number of ether oxygens (including phenoxy) is 1. The molecule has 1 saturated heterocycles. The van der Waals surface area contributed by atoms with E-state index in [0.717, 1.165) is 31.2 Å². The summed E-state index contributed by atoms with van der Waals surface area (Å²) in [7, 11) is -2.03. The molecule has 8 heteroatoms. The average molecular weight is 445 g/mol. The largest absolute Gasteiger partial charge is 0.452 e. The second-order valence-corrected chi connectivity index (χ2v) is 9.60. The Hall–Kier alpha value is -2.71. The molecule has 1 aliphatic rings. The maximum absolute atomic E-state index is 13.0. The summed E-state index contributed by atoms with van der Waals surface area (Å²) in [5, 5.41) is 0. The maximum Gasteiger partial charge on any atom is 0.338 e. The Labute approximate surface area is 183 Å². The number of esters is 1. The minimum Gasteiger partial charge on any atom is -0.452 e. The standard InChI is InChI=1S/C23H28N2O5S/c1-24(17-19-10-5-4-6-11-19)22(26)18-30-23(27)20-12-9-13-21(16-20)31(28,29)25-14-7-2-3-8-15-25/h4-6,9-13,16H,2-3,7-8,14-15,17-18H2,1H3. The second-order valence-electron chi connectivity index (χ2n) is 7.66. The molecule has 0 aromatic heterocycles. The molecule has 31 heavy (non-hydrogen) atoms. The highest BCUT2D eigenvalue weighted by molar-refractivity contribution is 7.89. The van der Waals surface area contributed by atoms with E-state index in [-0.39, 0.29) is 16.4 Å². The van der Waals surface area contributed by atoms with Gasteiger partial charge in [0.2, 0.25) is 10.0 Å². The van der Waals surface area contributed by atoms with Gasteiger partial charge in [0.25, 0.3) is 5.91 Å². The van der Waals surface area contributed by atoms with Crippen LogP contribution in [-0.2, 0) is 26.1 Å². The van der Waals surface area contributed by atoms with Crippen LogP contribution in [0.4, 0.5) is 0 Å². The van der Waals surface area contributed by atoms with E-state index in [2.05, 4.69) is 0 Å². The highest BCUT2D eigenvalue weighted by atomic mass is 32.2. The predicted molar refractivity (Wildman–Crippen MR) is 117 cm³/mol. The van der Waals surface area contributed by atoms with Crippen molar-refractivity contribution in [2.45, 2.75) is 37.1 Å². The summed E-state index contributed by atoms with van der Waals surface area (Å²) in [5.74, 6) is -1.07. The van der Waals surface area contributed by atoms with Crippen LogP contribution in [0.1, 0.15) is 41.6 Å². The lowest BCUT2D eigenvalue weighted by atomic mass is 10.2. The van der Waals surface area contributed by atoms with E-state index in [4.69, 9.17) is 4.74 Å². The smallest absolute Gasteiger partial charge is 0.338 e. The molecule has 0 unspecified atom stereocenters. The number of likely N-dealkylation sites (N-methyl/N-ethyl adjacent to an activating group) is 1. The van der Waals surface area contributed by atoms with E-state index in [9.17, 15) is 18.0 Å². The van der Waals surface area contributed by atoms with Gasteiger partial charge in [0, 0.05) is 26.7 Å². The summed E-state index contributed by atoms with van der Waals surface area (Å²) in [6.07, 6.45) is 3.70. The van der Waals surface area contributed by atoms with Crippen LogP contribution >= 0.6 is 0 Å². The van der Waals surface area contributed by atoms with Gasteiger partial charge in [0.15, 0.2) is 6.61 Å². The highest BCUT2D eigenvalue weighted by Crippen LogP contribution is 2.21. The molecule has 0 aliphatic carbocycles. The van der Waals surface area contributed by atoms with Crippen molar-refractivity contribution in [3.63, 3.8) is 0 Å². The normalized spacial score (nSPS) is 15.1. The molecule has 166 valence electrons. The lowest BCUT2D eigenvalue weighted by molar-refractivity contribution is -0.133. The molecule has 1 aliphatic heterocycles. The van der Waals surface area contributed by atoms with Crippen LogP contribution in [0.15, 0.2) is 59.5 Å². The summed E-state index contributed by atoms with van der Waals surface area (Å²) in [6, 6.07) is 15.3. The van der Waals surface area contributed by atoms with Crippen LogP contribution in [-0.4, -0.2) is 56.2 Å². The molecule has 0 spiro atoms. The highest BCUT2D eigenvalue weighted by Gasteiger charge is 2.26. The minimum absolute atomic E-state index is 0.0661. The number of hydrogen-bond acceptors (Lipinski definition) is 5. The summed E-state index contributed by atoms with van der Waals surface area (Å²) in [6.45, 7) is 0.963. The van der Waals surface area contributed by atoms with Crippen molar-refractivity contribution in [1.82, 2.24) is 9.21 Å². The predicted octanol–water partition coefficient (Wildman–Crippen LogP) is 3.07. The number of benzene rings is 2. The van der Waals surface area contributed by atoms with Crippen molar-refractivity contribution in [3.8, 4) is 0 Å². The number of amides is 1. The van der Waals surface area contributed by atoms with Crippen LogP contribution < -0.4 is 0 Å². The Bertz CT molecular complexity index is 1000. The Kier molecular flexibility index (Phi) is 7.81. The molecule has 0 atom stereocenters. The van der Waals surface area contributed by atoms with Crippen LogP contribution in [0.2, 0.25) is 0 Å². The molecule has 0 radical (unpaired) electrons. The van der Waals surface area contributed by atoms with Crippen molar-refractivity contribution in [2.75, 3.05) is 26.7 Å². The molecule has 0 saturated carbocycles. The van der Waals surface area contributed by atoms with Crippen LogP contribution in [0.25, 0.3) is 0 Å². The number of nitrogens with zero attached hydrogens (tertiary/aromatic N) is 2. The molecule has 2 aromatic carbocycles. The molecular weight excluding hydrogens is 416 g/mol. The van der Waals surface area contributed by atoms with Gasteiger partial charge in [-0.05, 0) is 36.6 Å². The maximum atomic E-state index is 13.0. The van der Waals surface area contributed by atoms with Crippen LogP contribution in [0.5, 0.6) is 0 Å². The first-order valence-corrected chi connectivity index (χ1v) is 11.9. The third-order valence-electron chi connectivity index (χ3n) is 5.29. The first kappa shape index (κ1) is 23.0. The summed E-state index contributed by atoms with van der Waals surface area (Å²) >= 11 is 0. The van der Waals surface area contributed by atoms with Gasteiger partial charge in [-0.3, -0.25) is 4.79 Å². The van der Waals surface area contributed by atoms with Crippen LogP contribution in [0.3, 0.4) is 0 Å². The Morgan fingerprint density at radius 2 is 1.65 bits per heavy atom. The van der Waals surface area contributed by atoms with E-state index in [1.807, 2.05) is 30.3 Å².